The van der Waals surface area contributed by atoms with Gasteiger partial charge in [0, 0.05) is 8.66 Å². The second-order valence-electron chi connectivity index (χ2n) is 6.12. The molecule has 25 heavy (non-hydrogen) atoms. The van der Waals surface area contributed by atoms with Gasteiger partial charge in [0.15, 0.2) is 0 Å². The van der Waals surface area contributed by atoms with Crippen LogP contribution < -0.4 is 4.74 Å². The van der Waals surface area contributed by atoms with Gasteiger partial charge in [0.05, 0.1) is 19.8 Å². The van der Waals surface area contributed by atoms with E-state index in [1.165, 1.54) is 7.11 Å². The van der Waals surface area contributed by atoms with Crippen molar-refractivity contribution in [1.82, 2.24) is 0 Å². The van der Waals surface area contributed by atoms with Crippen LogP contribution in [0.15, 0.2) is 54.6 Å². The monoisotopic (exact) mass is 334 g/mol. The molecule has 1 atom stereocenters. The van der Waals surface area contributed by atoms with Gasteiger partial charge in [-0.15, -0.1) is 0 Å². The summed E-state index contributed by atoms with van der Waals surface area (Å²) in [6.07, 6.45) is -1.15. The zero-order valence-corrected chi connectivity index (χ0v) is 14.2. The third-order valence-electron chi connectivity index (χ3n) is 4.82. The van der Waals surface area contributed by atoms with E-state index in [0.717, 1.165) is 21.9 Å². The molecule has 3 heteroatoms. The molecule has 3 nitrogen and oxygen atoms in total. The Labute approximate surface area is 150 Å². The third-order valence-corrected chi connectivity index (χ3v) is 4.82. The van der Waals surface area contributed by atoms with Crippen molar-refractivity contribution in [3.8, 4) is 5.75 Å². The van der Waals surface area contributed by atoms with E-state index < -0.39 is 18.3 Å². The highest BCUT2D eigenvalue weighted by atomic mass is 16.5. The van der Waals surface area contributed by atoms with Crippen LogP contribution in [0.1, 0.15) is 42.1 Å². The van der Waals surface area contributed by atoms with E-state index in [1.807, 2.05) is 48.5 Å². The number of carbonyl (C=O) groups is 1. The molecule has 0 bridgehead atoms. The molecule has 0 heterocycles. The Kier molecular flexibility index (Phi) is 3.37. The van der Waals surface area contributed by atoms with Crippen LogP contribution in [0, 0.1) is 0 Å². The van der Waals surface area contributed by atoms with Crippen LogP contribution in [0.25, 0.3) is 10.8 Å². The molecule has 1 unspecified atom stereocenters. The molecule has 0 radical (unpaired) electrons. The normalized spacial score (nSPS) is 19.0. The van der Waals surface area contributed by atoms with Crippen LogP contribution in [-0.4, -0.2) is 20.2 Å². The molecule has 3 aromatic rings. The van der Waals surface area contributed by atoms with E-state index >= 15 is 0 Å². The summed E-state index contributed by atoms with van der Waals surface area (Å²) in [6.45, 7) is 0. The Bertz CT molecular complexity index is 1040. The third kappa shape index (κ3) is 2.56. The van der Waals surface area contributed by atoms with Crippen molar-refractivity contribution in [1.29, 1.82) is 0 Å². The van der Waals surface area contributed by atoms with Crippen molar-refractivity contribution in [3.63, 3.8) is 0 Å². The molecule has 0 fully saturated rings. The first kappa shape index (κ1) is 13.5. The van der Waals surface area contributed by atoms with Gasteiger partial charge >= 0.3 is 5.97 Å². The highest BCUT2D eigenvalue weighted by molar-refractivity contribution is 6.06. The van der Waals surface area contributed by atoms with Gasteiger partial charge in [0.1, 0.15) is 5.75 Å². The second kappa shape index (κ2) is 6.25. The van der Waals surface area contributed by atoms with Gasteiger partial charge < -0.3 is 9.47 Å². The summed E-state index contributed by atoms with van der Waals surface area (Å²) in [6, 6.07) is 17.0. The van der Waals surface area contributed by atoms with Crippen LogP contribution >= 0.6 is 0 Å². The highest BCUT2D eigenvalue weighted by Crippen LogP contribution is 2.41. The maximum atomic E-state index is 12.7. The average molecular weight is 334 g/mol. The second-order valence-corrected chi connectivity index (χ2v) is 6.12. The molecular weight excluding hydrogens is 312 g/mol. The lowest BCUT2D eigenvalue weighted by Crippen LogP contribution is -2.10. The van der Waals surface area contributed by atoms with Gasteiger partial charge in [-0.25, -0.2) is 4.79 Å². The number of fused-ring (bicyclic) bond motifs is 2. The van der Waals surface area contributed by atoms with Gasteiger partial charge in [-0.2, -0.15) is 0 Å². The molecule has 0 amide bonds. The maximum Gasteiger partial charge on any atom is 0.338 e. The number of methoxy groups -OCH3 is 2. The van der Waals surface area contributed by atoms with Crippen molar-refractivity contribution >= 4 is 16.7 Å². The minimum Gasteiger partial charge on any atom is -0.497 e. The van der Waals surface area contributed by atoms with Crippen molar-refractivity contribution in [2.75, 3.05) is 14.2 Å². The Balaban J connectivity index is 2.00. The summed E-state index contributed by atoms with van der Waals surface area (Å²) < 4.78 is 27.6. The summed E-state index contributed by atoms with van der Waals surface area (Å²) in [5.41, 5.74) is 3.00. The molecule has 3 aromatic carbocycles. The molecule has 0 aromatic heterocycles. The quantitative estimate of drug-likeness (QED) is 0.651. The molecule has 0 aliphatic heterocycles. The number of benzene rings is 3. The summed E-state index contributed by atoms with van der Waals surface area (Å²) >= 11 is 0. The van der Waals surface area contributed by atoms with Crippen LogP contribution in [0.5, 0.6) is 5.75 Å². The Morgan fingerprint density at radius 2 is 1.92 bits per heavy atom. The zero-order chi connectivity index (χ0) is 19.2. The van der Waals surface area contributed by atoms with E-state index in [2.05, 4.69) is 0 Å². The van der Waals surface area contributed by atoms with Crippen molar-refractivity contribution in [2.45, 2.75) is 18.7 Å². The Hall–Kier alpha value is -2.81. The van der Waals surface area contributed by atoms with E-state index in [-0.39, 0.29) is 0 Å². The first-order valence-electron chi connectivity index (χ1n) is 9.23. The number of hydrogen-bond acceptors (Lipinski definition) is 3. The maximum absolute atomic E-state index is 12.7. The average Bonchev–Trinajstić information content (AvgIpc) is 2.95. The molecule has 1 aliphatic rings. The Morgan fingerprint density at radius 1 is 1.08 bits per heavy atom. The molecule has 0 spiro atoms. The smallest absolute Gasteiger partial charge is 0.338 e. The number of carbonyl (C=O) groups excluding carboxylic acids is 1. The minimum atomic E-state index is -1.48. The van der Waals surface area contributed by atoms with E-state index in [0.29, 0.717) is 23.3 Å². The highest BCUT2D eigenvalue weighted by Gasteiger charge is 2.28. The molecule has 126 valence electrons. The topological polar surface area (TPSA) is 35.5 Å². The zero-order valence-electron chi connectivity index (χ0n) is 16.2. The van der Waals surface area contributed by atoms with E-state index in [1.54, 1.807) is 13.2 Å². The van der Waals surface area contributed by atoms with Crippen LogP contribution in [0.3, 0.4) is 0 Å². The largest absolute Gasteiger partial charge is 0.497 e. The minimum absolute atomic E-state index is 0.328. The van der Waals surface area contributed by atoms with Gasteiger partial charge in [0.25, 0.3) is 0 Å². The predicted molar refractivity (Wildman–Crippen MR) is 98.4 cm³/mol. The molecule has 0 saturated heterocycles. The summed E-state index contributed by atoms with van der Waals surface area (Å²) in [5, 5.41) is 1.59. The SMILES string of the molecule is [2H]C1([2H])Cc2ccccc2C1c1ccc2cc(OC)ccc2c1C(=O)OC. The van der Waals surface area contributed by atoms with Gasteiger partial charge in [0.2, 0.25) is 0 Å². The lowest BCUT2D eigenvalue weighted by molar-refractivity contribution is 0.0601. The number of aryl methyl sites for hydroxylation is 1. The summed E-state index contributed by atoms with van der Waals surface area (Å²) in [4.78, 5) is 12.7. The molecular formula is C22H20O3. The number of esters is 1. The van der Waals surface area contributed by atoms with Gasteiger partial charge in [-0.3, -0.25) is 0 Å². The van der Waals surface area contributed by atoms with Gasteiger partial charge in [-0.1, -0.05) is 36.4 Å². The van der Waals surface area contributed by atoms with Crippen LogP contribution in [0.4, 0.5) is 0 Å². The molecule has 0 saturated carbocycles. The van der Waals surface area contributed by atoms with Gasteiger partial charge in [-0.05, 0) is 58.5 Å². The standard InChI is InChI=1S/C22H20O3/c1-24-16-9-12-18-15(13-16)8-11-20(21(18)22(23)25-2)19-10-7-14-5-3-4-6-17(14)19/h3-6,8-9,11-13,19H,7,10H2,1-2H3/i10D2. The van der Waals surface area contributed by atoms with Crippen molar-refractivity contribution in [2.24, 2.45) is 0 Å². The fourth-order valence-corrected chi connectivity index (χ4v) is 3.60. The lowest BCUT2D eigenvalue weighted by Gasteiger charge is -2.18. The lowest BCUT2D eigenvalue weighted by atomic mass is 9.86. The van der Waals surface area contributed by atoms with Crippen molar-refractivity contribution < 1.29 is 17.0 Å². The molecule has 0 N–H and O–H groups in total. The van der Waals surface area contributed by atoms with Crippen LogP contribution in [0.2, 0.25) is 0 Å². The fraction of sp³-hybridized carbons (Fsp3) is 0.227. The first-order valence-corrected chi connectivity index (χ1v) is 8.23. The number of rotatable bonds is 3. The van der Waals surface area contributed by atoms with E-state index in [4.69, 9.17) is 12.2 Å². The summed E-state index contributed by atoms with van der Waals surface area (Å²) in [5.74, 6) is -0.275. The summed E-state index contributed by atoms with van der Waals surface area (Å²) in [7, 11) is 2.95. The van der Waals surface area contributed by atoms with Crippen LogP contribution in [-0.2, 0) is 11.2 Å². The molecule has 4 rings (SSSR count). The van der Waals surface area contributed by atoms with Crippen molar-refractivity contribution in [3.05, 3.63) is 76.9 Å². The fourth-order valence-electron chi connectivity index (χ4n) is 3.60. The predicted octanol–water partition coefficient (Wildman–Crippen LogP) is 4.71. The first-order chi connectivity index (χ1) is 13.0. The van der Waals surface area contributed by atoms with E-state index in [9.17, 15) is 4.79 Å². The molecule has 1 aliphatic carbocycles. The number of hydrogen-bond donors (Lipinski definition) is 0. The Morgan fingerprint density at radius 3 is 2.72 bits per heavy atom. The number of ether oxygens (including phenoxy) is 2.